The van der Waals surface area contributed by atoms with Gasteiger partial charge >= 0.3 is 11.9 Å². The number of fused-ring (bicyclic) bond motifs is 1. The summed E-state index contributed by atoms with van der Waals surface area (Å²) in [5.74, 6) is -2.46. The summed E-state index contributed by atoms with van der Waals surface area (Å²) in [5.41, 5.74) is 0.950. The first kappa shape index (κ1) is 31.4. The van der Waals surface area contributed by atoms with Crippen LogP contribution in [0.15, 0.2) is 51.8 Å². The van der Waals surface area contributed by atoms with Gasteiger partial charge in [-0.2, -0.15) is 0 Å². The van der Waals surface area contributed by atoms with Crippen molar-refractivity contribution in [2.24, 2.45) is 5.16 Å². The van der Waals surface area contributed by atoms with E-state index < -0.39 is 52.3 Å². The van der Waals surface area contributed by atoms with Gasteiger partial charge in [0.25, 0.3) is 17.5 Å². The van der Waals surface area contributed by atoms with Crippen LogP contribution in [0.2, 0.25) is 0 Å². The molecule has 0 spiro atoms. The number of ether oxygens (including phenoxy) is 3. The predicted molar refractivity (Wildman–Crippen MR) is 152 cm³/mol. The van der Waals surface area contributed by atoms with E-state index in [0.717, 1.165) is 0 Å². The van der Waals surface area contributed by atoms with Gasteiger partial charge in [-0.25, -0.2) is 14.6 Å². The highest BCUT2D eigenvalue weighted by Crippen LogP contribution is 2.41. The van der Waals surface area contributed by atoms with Crippen LogP contribution in [0.25, 0.3) is 0 Å². The molecule has 1 N–H and O–H groups in total. The van der Waals surface area contributed by atoms with Crippen molar-refractivity contribution in [2.75, 3.05) is 19.5 Å². The largest absolute Gasteiger partial charge is 0.498 e. The molecular formula is C26H27N5O10S2. The Morgan fingerprint density at radius 3 is 2.56 bits per heavy atom. The van der Waals surface area contributed by atoms with Crippen molar-refractivity contribution in [1.82, 2.24) is 15.2 Å². The van der Waals surface area contributed by atoms with E-state index in [1.807, 2.05) is 0 Å². The number of esters is 2. The number of amides is 2. The van der Waals surface area contributed by atoms with Crippen LogP contribution >= 0.6 is 23.1 Å². The highest BCUT2D eigenvalue weighted by molar-refractivity contribution is 8.00. The number of nitrogens with one attached hydrogen (secondary N) is 1. The maximum absolute atomic E-state index is 13.2. The summed E-state index contributed by atoms with van der Waals surface area (Å²) in [7, 11) is 1.36. The van der Waals surface area contributed by atoms with Gasteiger partial charge in [0.15, 0.2) is 11.4 Å². The first-order valence-corrected chi connectivity index (χ1v) is 14.6. The second kappa shape index (κ2) is 13.2. The molecule has 1 saturated heterocycles. The highest BCUT2D eigenvalue weighted by Gasteiger charge is 2.55. The second-order valence-electron chi connectivity index (χ2n) is 10.0. The molecule has 2 amide bonds. The lowest BCUT2D eigenvalue weighted by atomic mass is 10.0. The third kappa shape index (κ3) is 7.47. The van der Waals surface area contributed by atoms with Gasteiger partial charge in [0.1, 0.15) is 35.1 Å². The molecule has 43 heavy (non-hydrogen) atoms. The van der Waals surface area contributed by atoms with Gasteiger partial charge in [0.2, 0.25) is 6.61 Å². The Hall–Kier alpha value is -4.51. The Labute approximate surface area is 253 Å². The second-order valence-corrected chi connectivity index (χ2v) is 11.8. The lowest BCUT2D eigenvalue weighted by Crippen LogP contribution is -2.71. The van der Waals surface area contributed by atoms with E-state index in [-0.39, 0.29) is 40.9 Å². The Balaban J connectivity index is 1.43. The summed E-state index contributed by atoms with van der Waals surface area (Å²) in [6, 6.07) is 4.46. The van der Waals surface area contributed by atoms with Crippen LogP contribution in [-0.2, 0) is 44.8 Å². The predicted octanol–water partition coefficient (Wildman–Crippen LogP) is 2.11. The number of carbonyl (C=O) groups excluding carboxylic acids is 4. The van der Waals surface area contributed by atoms with Crippen LogP contribution in [0.1, 0.15) is 32.0 Å². The van der Waals surface area contributed by atoms with Gasteiger partial charge < -0.3 is 24.4 Å². The lowest BCUT2D eigenvalue weighted by Gasteiger charge is -2.49. The van der Waals surface area contributed by atoms with E-state index in [2.05, 4.69) is 15.5 Å². The zero-order valence-corrected chi connectivity index (χ0v) is 25.1. The fourth-order valence-corrected chi connectivity index (χ4v) is 5.78. The van der Waals surface area contributed by atoms with Crippen LogP contribution in [-0.4, -0.2) is 80.8 Å². The molecule has 2 aliphatic heterocycles. The maximum atomic E-state index is 13.2. The number of thiazole rings is 1. The number of oxime groups is 1. The van der Waals surface area contributed by atoms with Gasteiger partial charge in [-0.05, 0) is 38.5 Å². The molecule has 2 aliphatic rings. The number of hydrogen-bond acceptors (Lipinski definition) is 14. The molecule has 0 saturated carbocycles. The molecule has 0 aliphatic carbocycles. The normalized spacial score (nSPS) is 18.3. The molecule has 0 radical (unpaired) electrons. The van der Waals surface area contributed by atoms with Crippen molar-refractivity contribution >= 4 is 58.3 Å². The zero-order valence-electron chi connectivity index (χ0n) is 23.4. The zero-order chi connectivity index (χ0) is 31.3. The average molecular weight is 634 g/mol. The van der Waals surface area contributed by atoms with Gasteiger partial charge in [-0.15, -0.1) is 23.1 Å². The molecule has 1 fully saturated rings. The van der Waals surface area contributed by atoms with E-state index in [1.54, 1.807) is 26.2 Å². The molecule has 15 nitrogen and oxygen atoms in total. The molecule has 1 aromatic carbocycles. The minimum atomic E-state index is -1.02. The molecule has 17 heteroatoms. The van der Waals surface area contributed by atoms with Crippen LogP contribution in [0.3, 0.4) is 0 Å². The number of nitrogens with zero attached hydrogens (tertiary/aromatic N) is 4. The number of nitro benzene ring substituents is 1. The van der Waals surface area contributed by atoms with Crippen molar-refractivity contribution in [1.29, 1.82) is 0 Å². The number of non-ortho nitro benzene ring substituents is 1. The number of nitro groups is 1. The van der Waals surface area contributed by atoms with E-state index in [4.69, 9.17) is 19.0 Å². The first-order valence-electron chi connectivity index (χ1n) is 12.6. The number of benzene rings is 1. The van der Waals surface area contributed by atoms with E-state index >= 15 is 0 Å². The van der Waals surface area contributed by atoms with Gasteiger partial charge in [-0.3, -0.25) is 24.6 Å². The van der Waals surface area contributed by atoms with Gasteiger partial charge in [-0.1, -0.05) is 5.16 Å². The number of rotatable bonds is 11. The minimum absolute atomic E-state index is 0.0993. The molecular weight excluding hydrogens is 606 g/mol. The number of aromatic nitrogens is 1. The van der Waals surface area contributed by atoms with Gasteiger partial charge in [0.05, 0.1) is 23.3 Å². The molecule has 228 valence electrons. The van der Waals surface area contributed by atoms with Crippen molar-refractivity contribution in [3.63, 3.8) is 0 Å². The van der Waals surface area contributed by atoms with Crippen LogP contribution in [0.5, 0.6) is 0 Å². The molecule has 1 unspecified atom stereocenters. The van der Waals surface area contributed by atoms with E-state index in [0.29, 0.717) is 5.56 Å². The molecule has 2 aromatic rings. The van der Waals surface area contributed by atoms with Crippen molar-refractivity contribution in [2.45, 2.75) is 44.4 Å². The van der Waals surface area contributed by atoms with Crippen molar-refractivity contribution in [3.8, 4) is 0 Å². The standard InChI is InChI=1S/C26H27N5O10S2/c1-26(2,3)41-18(32)10-40-29-19(16-11-42-13-27-16)22(33)28-20-23(34)30-21(17(38-4)12-43-24(20)30)25(35)39-9-14-5-7-15(8-6-14)31(36)37/h5-8,11,13,20,24H,9-10,12H2,1-4H3,(H,28,33)/t20?,24-/m0/s1. The average Bonchev–Trinajstić information content (AvgIpc) is 3.49. The van der Waals surface area contributed by atoms with E-state index in [1.165, 1.54) is 64.9 Å². The SMILES string of the molecule is COC1=C(C(=O)OCc2ccc([N+](=O)[O-])cc2)N2C(=O)C(NC(=O)C(=NOCC(=O)OC(C)(C)C)c3cscn3)[C@@H]2SC1. The summed E-state index contributed by atoms with van der Waals surface area (Å²) in [5, 5.41) is 18.2. The third-order valence-electron chi connectivity index (χ3n) is 5.83. The summed E-state index contributed by atoms with van der Waals surface area (Å²) in [6.45, 7) is 4.33. The van der Waals surface area contributed by atoms with Crippen molar-refractivity contribution in [3.05, 3.63) is 68.0 Å². The van der Waals surface area contributed by atoms with Gasteiger partial charge in [0, 0.05) is 17.5 Å². The Morgan fingerprint density at radius 1 is 1.23 bits per heavy atom. The Bertz CT molecular complexity index is 1470. The number of methoxy groups -OCH3 is 1. The number of carbonyl (C=O) groups is 4. The number of thioether (sulfide) groups is 1. The summed E-state index contributed by atoms with van der Waals surface area (Å²) >= 11 is 2.47. The summed E-state index contributed by atoms with van der Waals surface area (Å²) in [4.78, 5) is 72.1. The maximum Gasteiger partial charge on any atom is 0.358 e. The number of hydrogen-bond donors (Lipinski definition) is 1. The van der Waals surface area contributed by atoms with Crippen LogP contribution in [0, 0.1) is 10.1 Å². The first-order chi connectivity index (χ1) is 20.4. The smallest absolute Gasteiger partial charge is 0.358 e. The molecule has 0 bridgehead atoms. The fourth-order valence-electron chi connectivity index (χ4n) is 3.93. The van der Waals surface area contributed by atoms with Crippen LogP contribution < -0.4 is 5.32 Å². The lowest BCUT2D eigenvalue weighted by molar-refractivity contribution is -0.384. The fraction of sp³-hybridized carbons (Fsp3) is 0.385. The quantitative estimate of drug-likeness (QED) is 0.125. The Kier molecular flexibility index (Phi) is 9.65. The molecule has 1 aromatic heterocycles. The summed E-state index contributed by atoms with van der Waals surface area (Å²) in [6.07, 6.45) is 0. The topological polar surface area (TPSA) is 189 Å². The highest BCUT2D eigenvalue weighted by atomic mass is 32.2. The van der Waals surface area contributed by atoms with Crippen molar-refractivity contribution < 1.29 is 43.1 Å². The molecule has 2 atom stereocenters. The Morgan fingerprint density at radius 2 is 1.95 bits per heavy atom. The number of β-lactam (4-membered cyclic amide) rings is 1. The summed E-state index contributed by atoms with van der Waals surface area (Å²) < 4.78 is 15.9. The van der Waals surface area contributed by atoms with Crippen LogP contribution in [0.4, 0.5) is 5.69 Å². The third-order valence-corrected chi connectivity index (χ3v) is 7.66. The molecule has 4 rings (SSSR count). The monoisotopic (exact) mass is 633 g/mol. The minimum Gasteiger partial charge on any atom is -0.498 e. The van der Waals surface area contributed by atoms with E-state index in [9.17, 15) is 29.3 Å². The molecule has 3 heterocycles.